The molecule has 0 aliphatic heterocycles. The average molecular weight is 378 g/mol. The van der Waals surface area contributed by atoms with Crippen molar-refractivity contribution in [3.63, 3.8) is 0 Å². The fourth-order valence-electron chi connectivity index (χ4n) is 5.08. The maximum absolute atomic E-state index is 11.9. The third-order valence-corrected chi connectivity index (χ3v) is 6.01. The Hall–Kier alpha value is -0.330. The Balaban J connectivity index is 1.66. The maximum Gasteiger partial charge on any atom is 0.321 e. The number of esters is 1. The molecule has 0 radical (unpaired) electrons. The van der Waals surface area contributed by atoms with Crippen LogP contribution in [0.15, 0.2) is 0 Å². The summed E-state index contributed by atoms with van der Waals surface area (Å²) in [6.45, 7) is 4.08. The standard InChI is InChI=1S/C14H19IO4/c1-8(16)18-7-14-5-9-3-13(2,12(17)19-15)4-10(6-14)11(9)14/h9-11H,3-7H2,1-2H3. The number of halogens is 1. The molecule has 0 aromatic rings. The quantitative estimate of drug-likeness (QED) is 0.560. The van der Waals surface area contributed by atoms with Gasteiger partial charge >= 0.3 is 11.9 Å². The molecule has 0 aromatic carbocycles. The summed E-state index contributed by atoms with van der Waals surface area (Å²) in [5.74, 6) is 1.64. The Kier molecular flexibility index (Phi) is 3.11. The van der Waals surface area contributed by atoms with E-state index in [2.05, 4.69) is 0 Å². The van der Waals surface area contributed by atoms with E-state index in [-0.39, 0.29) is 22.8 Å². The topological polar surface area (TPSA) is 52.6 Å². The van der Waals surface area contributed by atoms with Crippen molar-refractivity contribution in [2.24, 2.45) is 28.6 Å². The van der Waals surface area contributed by atoms with Crippen molar-refractivity contribution in [3.05, 3.63) is 0 Å². The van der Waals surface area contributed by atoms with Crippen molar-refractivity contribution in [2.45, 2.75) is 39.5 Å². The van der Waals surface area contributed by atoms with E-state index in [0.717, 1.165) is 25.7 Å². The summed E-state index contributed by atoms with van der Waals surface area (Å²) in [7, 11) is 0. The lowest BCUT2D eigenvalue weighted by Crippen LogP contribution is -2.67. The number of ether oxygens (including phenoxy) is 1. The lowest BCUT2D eigenvalue weighted by Gasteiger charge is -2.71. The Morgan fingerprint density at radius 2 is 1.79 bits per heavy atom. The van der Waals surface area contributed by atoms with Gasteiger partial charge in [0.25, 0.3) is 0 Å². The fourth-order valence-corrected chi connectivity index (χ4v) is 5.61. The van der Waals surface area contributed by atoms with Gasteiger partial charge in [-0.1, -0.05) is 0 Å². The van der Waals surface area contributed by atoms with Crippen LogP contribution in [0.25, 0.3) is 0 Å². The first-order chi connectivity index (χ1) is 8.90. The Labute approximate surface area is 127 Å². The molecule has 3 fully saturated rings. The first-order valence-electron chi connectivity index (χ1n) is 6.87. The molecule has 0 bridgehead atoms. The lowest BCUT2D eigenvalue weighted by molar-refractivity contribution is -0.251. The van der Waals surface area contributed by atoms with Crippen LogP contribution in [-0.4, -0.2) is 18.5 Å². The van der Waals surface area contributed by atoms with Crippen LogP contribution in [0.4, 0.5) is 0 Å². The van der Waals surface area contributed by atoms with E-state index in [4.69, 9.17) is 7.80 Å². The van der Waals surface area contributed by atoms with E-state index >= 15 is 0 Å². The van der Waals surface area contributed by atoms with Gasteiger partial charge in [0, 0.05) is 12.3 Å². The number of carbonyl (C=O) groups is 2. The van der Waals surface area contributed by atoms with Gasteiger partial charge in [0.2, 0.25) is 0 Å². The summed E-state index contributed by atoms with van der Waals surface area (Å²) in [6.07, 6.45) is 4.06. The largest absolute Gasteiger partial charge is 0.465 e. The molecule has 0 saturated heterocycles. The molecule has 106 valence electrons. The smallest absolute Gasteiger partial charge is 0.321 e. The molecule has 5 heteroatoms. The second-order valence-electron chi connectivity index (χ2n) is 6.93. The van der Waals surface area contributed by atoms with E-state index in [9.17, 15) is 9.59 Å². The molecule has 3 aliphatic carbocycles. The van der Waals surface area contributed by atoms with E-state index in [0.29, 0.717) is 24.4 Å². The zero-order valence-corrected chi connectivity index (χ0v) is 13.4. The summed E-state index contributed by atoms with van der Waals surface area (Å²) in [5.41, 5.74) is -0.0579. The van der Waals surface area contributed by atoms with Gasteiger partial charge in [0.15, 0.2) is 23.0 Å². The fraction of sp³-hybridized carbons (Fsp3) is 0.857. The molecule has 2 atom stereocenters. The van der Waals surface area contributed by atoms with E-state index in [1.165, 1.54) is 6.92 Å². The van der Waals surface area contributed by atoms with Gasteiger partial charge in [-0.2, -0.15) is 0 Å². The van der Waals surface area contributed by atoms with Gasteiger partial charge in [0.05, 0.1) is 12.0 Å². The average Bonchev–Trinajstić information content (AvgIpc) is 2.30. The number of rotatable bonds is 3. The van der Waals surface area contributed by atoms with Crippen molar-refractivity contribution in [3.8, 4) is 0 Å². The zero-order valence-electron chi connectivity index (χ0n) is 11.3. The van der Waals surface area contributed by atoms with Gasteiger partial charge in [-0.15, -0.1) is 0 Å². The molecular formula is C14H19IO4. The summed E-state index contributed by atoms with van der Waals surface area (Å²) < 4.78 is 10.2. The monoisotopic (exact) mass is 378 g/mol. The van der Waals surface area contributed by atoms with E-state index in [1.54, 1.807) is 23.0 Å². The minimum Gasteiger partial charge on any atom is -0.465 e. The molecule has 2 unspecified atom stereocenters. The highest BCUT2D eigenvalue weighted by Gasteiger charge is 2.69. The molecule has 3 aliphatic rings. The Bertz CT molecular complexity index is 417. The predicted molar refractivity (Wildman–Crippen MR) is 76.2 cm³/mol. The third kappa shape index (κ3) is 1.91. The highest BCUT2D eigenvalue weighted by molar-refractivity contribution is 14.1. The first kappa shape index (κ1) is 13.6. The van der Waals surface area contributed by atoms with Crippen LogP contribution < -0.4 is 0 Å². The highest BCUT2D eigenvalue weighted by atomic mass is 127. The second-order valence-corrected chi connectivity index (χ2v) is 7.37. The van der Waals surface area contributed by atoms with Crippen LogP contribution in [0.5, 0.6) is 0 Å². The number of hydrogen-bond acceptors (Lipinski definition) is 4. The molecule has 0 spiro atoms. The molecule has 4 nitrogen and oxygen atoms in total. The Morgan fingerprint density at radius 3 is 2.26 bits per heavy atom. The molecule has 0 heterocycles. The summed E-state index contributed by atoms with van der Waals surface area (Å²) >= 11 is 1.69. The van der Waals surface area contributed by atoms with Crippen LogP contribution in [0.2, 0.25) is 0 Å². The maximum atomic E-state index is 11.9. The third-order valence-electron chi connectivity index (χ3n) is 5.61. The van der Waals surface area contributed by atoms with E-state index in [1.807, 2.05) is 6.92 Å². The Morgan fingerprint density at radius 1 is 1.21 bits per heavy atom. The molecule has 0 N–H and O–H groups in total. The van der Waals surface area contributed by atoms with Crippen molar-refractivity contribution < 1.29 is 17.4 Å². The van der Waals surface area contributed by atoms with Crippen LogP contribution >= 0.6 is 23.0 Å². The van der Waals surface area contributed by atoms with Gasteiger partial charge in [0.1, 0.15) is 0 Å². The minimum absolute atomic E-state index is 0.0732. The first-order valence-corrected chi connectivity index (χ1v) is 7.75. The van der Waals surface area contributed by atoms with Crippen molar-refractivity contribution in [1.82, 2.24) is 0 Å². The predicted octanol–water partition coefficient (Wildman–Crippen LogP) is 2.89. The van der Waals surface area contributed by atoms with Crippen LogP contribution in [0.1, 0.15) is 39.5 Å². The minimum atomic E-state index is -0.305. The van der Waals surface area contributed by atoms with Crippen molar-refractivity contribution in [2.75, 3.05) is 6.61 Å². The molecule has 3 saturated carbocycles. The summed E-state index contributed by atoms with van der Waals surface area (Å²) in [4.78, 5) is 22.9. The lowest BCUT2D eigenvalue weighted by atomic mass is 9.33. The number of carbonyl (C=O) groups excluding carboxylic acids is 2. The van der Waals surface area contributed by atoms with Gasteiger partial charge < -0.3 is 7.80 Å². The van der Waals surface area contributed by atoms with Crippen molar-refractivity contribution >= 4 is 34.9 Å². The van der Waals surface area contributed by atoms with Crippen LogP contribution in [0, 0.1) is 28.6 Å². The van der Waals surface area contributed by atoms with Crippen LogP contribution in [-0.2, 0) is 17.4 Å². The highest BCUT2D eigenvalue weighted by Crippen LogP contribution is 2.73. The van der Waals surface area contributed by atoms with Gasteiger partial charge in [-0.25, -0.2) is 0 Å². The molecular weight excluding hydrogens is 359 g/mol. The molecule has 3 rings (SSSR count). The summed E-state index contributed by atoms with van der Waals surface area (Å²) in [5, 5.41) is 0. The second kappa shape index (κ2) is 4.33. The van der Waals surface area contributed by atoms with Crippen LogP contribution in [0.3, 0.4) is 0 Å². The SMILES string of the molecule is CC(=O)OCC12CC3CC(C)(C(=O)OI)CC(C1)C32. The molecule has 0 amide bonds. The molecule has 0 aromatic heterocycles. The van der Waals surface area contributed by atoms with E-state index < -0.39 is 0 Å². The number of hydrogen-bond donors (Lipinski definition) is 0. The van der Waals surface area contributed by atoms with Gasteiger partial charge in [-0.3, -0.25) is 9.59 Å². The molecule has 19 heavy (non-hydrogen) atoms. The van der Waals surface area contributed by atoms with Crippen molar-refractivity contribution in [1.29, 1.82) is 0 Å². The normalized spacial score (nSPS) is 46.4. The zero-order chi connectivity index (χ0) is 13.8. The summed E-state index contributed by atoms with van der Waals surface area (Å²) in [6, 6.07) is 0. The van der Waals surface area contributed by atoms with Gasteiger partial charge in [-0.05, 0) is 50.4 Å².